The zero-order valence-corrected chi connectivity index (χ0v) is 18.4. The van der Waals surface area contributed by atoms with E-state index in [1.165, 1.54) is 4.68 Å². The first kappa shape index (κ1) is 23.4. The summed E-state index contributed by atoms with van der Waals surface area (Å²) in [5.41, 5.74) is -1.77. The summed E-state index contributed by atoms with van der Waals surface area (Å²) in [4.78, 5) is 53.5. The number of Topliss-reactive ketones (excluding diaryl/α,β-unsaturated/α-hetero) is 3. The van der Waals surface area contributed by atoms with Gasteiger partial charge in [0, 0.05) is 17.4 Å². The van der Waals surface area contributed by atoms with Crippen molar-refractivity contribution < 1.29 is 32.3 Å². The Labute approximate surface area is 189 Å². The molecule has 4 rings (SSSR count). The third-order valence-corrected chi connectivity index (χ3v) is 6.75. The molecule has 2 fully saturated rings. The number of hydrogen-bond acceptors (Lipinski definition) is 8. The Hall–Kier alpha value is -2.73. The van der Waals surface area contributed by atoms with Gasteiger partial charge in [0.15, 0.2) is 17.3 Å². The predicted octanol–water partition coefficient (Wildman–Crippen LogP) is 2.61. The Bertz CT molecular complexity index is 1150. The van der Waals surface area contributed by atoms with E-state index in [1.807, 2.05) is 0 Å². The smallest absolute Gasteiger partial charge is 0.373 e. The fourth-order valence-electron chi connectivity index (χ4n) is 4.39. The summed E-state index contributed by atoms with van der Waals surface area (Å²) in [6.45, 7) is 1.19. The van der Waals surface area contributed by atoms with E-state index in [1.54, 1.807) is 6.92 Å². The van der Waals surface area contributed by atoms with E-state index < -0.39 is 41.7 Å². The number of pyridine rings is 1. The van der Waals surface area contributed by atoms with Gasteiger partial charge in [-0.1, -0.05) is 11.3 Å². The van der Waals surface area contributed by atoms with E-state index in [-0.39, 0.29) is 41.1 Å². The van der Waals surface area contributed by atoms with E-state index >= 15 is 0 Å². The number of carbonyl (C=O) groups excluding carboxylic acids is 3. The van der Waals surface area contributed by atoms with Crippen molar-refractivity contribution in [3.8, 4) is 0 Å². The average molecular weight is 483 g/mol. The summed E-state index contributed by atoms with van der Waals surface area (Å²) in [6.07, 6.45) is -3.25. The molecule has 0 amide bonds. The van der Waals surface area contributed by atoms with Crippen molar-refractivity contribution in [1.29, 1.82) is 0 Å². The molecule has 2 aliphatic carbocycles. The summed E-state index contributed by atoms with van der Waals surface area (Å²) in [6, 6.07) is 1.60. The van der Waals surface area contributed by atoms with Crippen LogP contribution in [0.15, 0.2) is 16.9 Å². The van der Waals surface area contributed by atoms with E-state index in [2.05, 4.69) is 10.1 Å². The van der Waals surface area contributed by atoms with Crippen LogP contribution in [0.3, 0.4) is 0 Å². The Morgan fingerprint density at radius 1 is 1.18 bits per heavy atom. The number of halogens is 3. The molecule has 0 aliphatic heterocycles. The number of nitrogens with zero attached hydrogens (tertiary/aromatic N) is 3. The van der Waals surface area contributed by atoms with Crippen molar-refractivity contribution in [2.75, 3.05) is 6.61 Å². The van der Waals surface area contributed by atoms with Crippen LogP contribution in [0.1, 0.15) is 46.0 Å². The second kappa shape index (κ2) is 8.90. The number of aromatic nitrogens is 3. The molecule has 0 saturated heterocycles. The van der Waals surface area contributed by atoms with Crippen LogP contribution >= 0.6 is 11.3 Å². The molecule has 0 radical (unpaired) electrons. The normalized spacial score (nSPS) is 22.7. The maximum Gasteiger partial charge on any atom is 0.433 e. The summed E-state index contributed by atoms with van der Waals surface area (Å²) in [5.74, 6) is -4.03. The largest absolute Gasteiger partial charge is 0.433 e. The summed E-state index contributed by atoms with van der Waals surface area (Å²) in [7, 11) is 0. The highest BCUT2D eigenvalue weighted by Crippen LogP contribution is 2.41. The third-order valence-electron chi connectivity index (χ3n) is 5.99. The van der Waals surface area contributed by atoms with E-state index in [4.69, 9.17) is 4.74 Å². The highest BCUT2D eigenvalue weighted by atomic mass is 32.1. The van der Waals surface area contributed by atoms with Crippen LogP contribution in [-0.2, 0) is 33.7 Å². The van der Waals surface area contributed by atoms with Gasteiger partial charge < -0.3 is 4.74 Å². The van der Waals surface area contributed by atoms with Crippen molar-refractivity contribution in [3.05, 3.63) is 43.8 Å². The number of hydrogen-bond donors (Lipinski definition) is 0. The van der Waals surface area contributed by atoms with Gasteiger partial charge in [0.25, 0.3) is 0 Å². The molecule has 2 saturated carbocycles. The Morgan fingerprint density at radius 2 is 1.85 bits per heavy atom. The molecule has 0 spiro atoms. The second-order valence-corrected chi connectivity index (χ2v) is 9.30. The van der Waals surface area contributed by atoms with Gasteiger partial charge in [-0.3, -0.25) is 19.2 Å². The maximum atomic E-state index is 13.2. The lowest BCUT2D eigenvalue weighted by molar-refractivity contribution is -0.141. The lowest BCUT2D eigenvalue weighted by atomic mass is 9.75. The molecule has 0 aromatic carbocycles. The van der Waals surface area contributed by atoms with Crippen LogP contribution in [-0.4, -0.2) is 38.7 Å². The van der Waals surface area contributed by atoms with Crippen LogP contribution in [0.5, 0.6) is 0 Å². The van der Waals surface area contributed by atoms with Crippen LogP contribution < -0.4 is 4.87 Å². The number of alkyl halides is 3. The van der Waals surface area contributed by atoms with E-state index in [0.717, 1.165) is 17.4 Å². The summed E-state index contributed by atoms with van der Waals surface area (Å²) in [5, 5.41) is 4.55. The molecule has 176 valence electrons. The number of rotatable bonds is 7. The zero-order valence-electron chi connectivity index (χ0n) is 17.6. The van der Waals surface area contributed by atoms with Crippen LogP contribution in [0.2, 0.25) is 0 Å². The highest BCUT2D eigenvalue weighted by molar-refractivity contribution is 7.08. The summed E-state index contributed by atoms with van der Waals surface area (Å²) < 4.78 is 46.2. The lowest BCUT2D eigenvalue weighted by Gasteiger charge is -2.25. The molecule has 33 heavy (non-hydrogen) atoms. The van der Waals surface area contributed by atoms with Crippen LogP contribution in [0.4, 0.5) is 13.2 Å². The zero-order chi connectivity index (χ0) is 23.9. The van der Waals surface area contributed by atoms with Gasteiger partial charge in [0.1, 0.15) is 16.6 Å². The lowest BCUT2D eigenvalue weighted by Crippen LogP contribution is -2.42. The molecular weight excluding hydrogens is 463 g/mol. The molecule has 12 heteroatoms. The van der Waals surface area contributed by atoms with Gasteiger partial charge in [0.05, 0.1) is 25.5 Å². The van der Waals surface area contributed by atoms with Gasteiger partial charge in [-0.15, -0.1) is 0 Å². The minimum Gasteiger partial charge on any atom is -0.373 e. The van der Waals surface area contributed by atoms with Crippen molar-refractivity contribution >= 4 is 28.7 Å². The van der Waals surface area contributed by atoms with Gasteiger partial charge in [-0.2, -0.15) is 18.3 Å². The molecule has 2 aromatic rings. The van der Waals surface area contributed by atoms with E-state index in [9.17, 15) is 32.3 Å². The van der Waals surface area contributed by atoms with E-state index in [0.29, 0.717) is 30.3 Å². The van der Waals surface area contributed by atoms with Crippen molar-refractivity contribution in [2.45, 2.75) is 45.5 Å². The monoisotopic (exact) mass is 483 g/mol. The van der Waals surface area contributed by atoms with Crippen molar-refractivity contribution in [2.24, 2.45) is 17.8 Å². The maximum absolute atomic E-state index is 13.2. The Morgan fingerprint density at radius 3 is 2.42 bits per heavy atom. The van der Waals surface area contributed by atoms with Gasteiger partial charge in [-0.05, 0) is 38.3 Å². The fourth-order valence-corrected chi connectivity index (χ4v) is 5.02. The third kappa shape index (κ3) is 4.67. The fraction of sp³-hybridized carbons (Fsp3) is 0.524. The number of aryl methyl sites for hydroxylation is 1. The first-order valence-electron chi connectivity index (χ1n) is 10.4. The topological polar surface area (TPSA) is 108 Å². The molecule has 2 aromatic heterocycles. The molecule has 2 aliphatic rings. The minimum atomic E-state index is -4.75. The van der Waals surface area contributed by atoms with Crippen molar-refractivity contribution in [3.63, 3.8) is 0 Å². The molecule has 2 bridgehead atoms. The first-order chi connectivity index (χ1) is 15.6. The second-order valence-electron chi connectivity index (χ2n) is 8.16. The van der Waals surface area contributed by atoms with Gasteiger partial charge >= 0.3 is 11.0 Å². The number of ketones is 3. The number of fused-ring (bicyclic) bond motifs is 2. The quantitative estimate of drug-likeness (QED) is 0.338. The molecule has 2 unspecified atom stereocenters. The minimum absolute atomic E-state index is 0.0639. The standard InChI is InChI=1S/C21H20F3N3O5S/c1-10-26-27(20(31)33-10)6-7-32-9-14-13(4-5-15(25-14)21(22,23)24)19(30)16-17(28)11-2-3-12(8-11)18(16)29/h4-5,11-12,16H,2-3,6-9H2,1H3. The van der Waals surface area contributed by atoms with Crippen molar-refractivity contribution in [1.82, 2.24) is 14.8 Å². The predicted molar refractivity (Wildman–Crippen MR) is 109 cm³/mol. The SMILES string of the molecule is Cc1nn(CCOCc2nc(C(F)(F)F)ccc2C(=O)C2C(=O)C3CCC(C3)C2=O)c(=O)s1. The average Bonchev–Trinajstić information content (AvgIpc) is 3.33. The molecular formula is C21H20F3N3O5S. The van der Waals surface area contributed by atoms with Crippen LogP contribution in [0.25, 0.3) is 0 Å². The van der Waals surface area contributed by atoms with Crippen LogP contribution in [0, 0.1) is 24.7 Å². The Kier molecular flexibility index (Phi) is 6.32. The van der Waals surface area contributed by atoms with Gasteiger partial charge in [0.2, 0.25) is 0 Å². The summed E-state index contributed by atoms with van der Waals surface area (Å²) >= 11 is 0.951. The number of carbonyl (C=O) groups is 3. The molecule has 2 atom stereocenters. The molecule has 8 nitrogen and oxygen atoms in total. The van der Waals surface area contributed by atoms with Gasteiger partial charge in [-0.25, -0.2) is 9.67 Å². The highest BCUT2D eigenvalue weighted by Gasteiger charge is 2.50. The molecule has 2 heterocycles. The molecule has 0 N–H and O–H groups in total. The number of ether oxygens (including phenoxy) is 1. The Balaban J connectivity index is 1.56. The first-order valence-corrected chi connectivity index (χ1v) is 11.2.